The number of rotatable bonds is 6. The Morgan fingerprint density at radius 3 is 2.62 bits per heavy atom. The molecule has 0 atom stereocenters. The van der Waals surface area contributed by atoms with Gasteiger partial charge in [0.25, 0.3) is 0 Å². The number of amides is 1. The van der Waals surface area contributed by atoms with Crippen LogP contribution in [0.1, 0.15) is 27.2 Å². The maximum atomic E-state index is 11.2. The average Bonchev–Trinajstić information content (AvgIpc) is 2.04. The summed E-state index contributed by atoms with van der Waals surface area (Å²) in [6.07, 6.45) is 0.923. The minimum absolute atomic E-state index is 0.112. The minimum atomic E-state index is -0.353. The largest absolute Gasteiger partial charge is 0.372 e. The first kappa shape index (κ1) is 12.7. The van der Waals surface area contributed by atoms with Crippen molar-refractivity contribution < 1.29 is 9.53 Å². The fourth-order valence-corrected chi connectivity index (χ4v) is 0.823. The molecule has 0 aromatic heterocycles. The molecule has 1 amide bonds. The molecule has 0 aliphatic rings. The Morgan fingerprint density at radius 1 is 1.54 bits per heavy atom. The molecule has 13 heavy (non-hydrogen) atoms. The topological polar surface area (TPSA) is 38.3 Å². The summed E-state index contributed by atoms with van der Waals surface area (Å²) in [5.41, 5.74) is -0.353. The first-order chi connectivity index (χ1) is 6.02. The lowest BCUT2D eigenvalue weighted by molar-refractivity contribution is -0.127. The van der Waals surface area contributed by atoms with Gasteiger partial charge in [0.1, 0.15) is 6.61 Å². The van der Waals surface area contributed by atoms with Crippen molar-refractivity contribution in [2.45, 2.75) is 32.7 Å². The molecule has 0 aliphatic carbocycles. The van der Waals surface area contributed by atoms with Crippen LogP contribution in [0.25, 0.3) is 0 Å². The van der Waals surface area contributed by atoms with Crippen LogP contribution in [0.3, 0.4) is 0 Å². The summed E-state index contributed by atoms with van der Waals surface area (Å²) in [6, 6.07) is 0. The van der Waals surface area contributed by atoms with Crippen molar-refractivity contribution in [3.05, 3.63) is 0 Å². The molecule has 78 valence electrons. The van der Waals surface area contributed by atoms with Crippen molar-refractivity contribution in [2.75, 3.05) is 19.1 Å². The van der Waals surface area contributed by atoms with E-state index in [0.29, 0.717) is 12.5 Å². The van der Waals surface area contributed by atoms with Gasteiger partial charge in [-0.25, -0.2) is 0 Å². The van der Waals surface area contributed by atoms with Crippen LogP contribution >= 0.6 is 11.6 Å². The molecule has 0 fully saturated rings. The summed E-state index contributed by atoms with van der Waals surface area (Å²) < 4.78 is 5.08. The molecule has 0 unspecified atom stereocenters. The summed E-state index contributed by atoms with van der Waals surface area (Å²) in [7, 11) is 0. The van der Waals surface area contributed by atoms with Crippen LogP contribution in [0.15, 0.2) is 0 Å². The van der Waals surface area contributed by atoms with E-state index in [1.54, 1.807) is 0 Å². The molecule has 4 heteroatoms. The Bertz CT molecular complexity index is 160. The highest BCUT2D eigenvalue weighted by molar-refractivity contribution is 6.18. The van der Waals surface area contributed by atoms with Crippen molar-refractivity contribution in [2.24, 2.45) is 0 Å². The Hall–Kier alpha value is -0.280. The van der Waals surface area contributed by atoms with Gasteiger partial charge in [0.15, 0.2) is 0 Å². The van der Waals surface area contributed by atoms with Crippen LogP contribution in [-0.2, 0) is 9.53 Å². The van der Waals surface area contributed by atoms with Gasteiger partial charge < -0.3 is 10.1 Å². The van der Waals surface area contributed by atoms with Gasteiger partial charge in [-0.1, -0.05) is 6.92 Å². The van der Waals surface area contributed by atoms with Gasteiger partial charge in [-0.05, 0) is 20.3 Å². The first-order valence-electron chi connectivity index (χ1n) is 4.46. The van der Waals surface area contributed by atoms with Crippen LogP contribution in [0.2, 0.25) is 0 Å². The van der Waals surface area contributed by atoms with E-state index in [2.05, 4.69) is 5.32 Å². The zero-order valence-corrected chi connectivity index (χ0v) is 9.28. The van der Waals surface area contributed by atoms with Gasteiger partial charge in [0.2, 0.25) is 5.91 Å². The number of carbonyl (C=O) groups is 1. The highest BCUT2D eigenvalue weighted by Crippen LogP contribution is 2.03. The lowest BCUT2D eigenvalue weighted by atomic mass is 10.1. The van der Waals surface area contributed by atoms with Crippen LogP contribution in [0, 0.1) is 0 Å². The Morgan fingerprint density at radius 2 is 2.15 bits per heavy atom. The fourth-order valence-electron chi connectivity index (χ4n) is 0.756. The van der Waals surface area contributed by atoms with E-state index in [1.165, 1.54) is 0 Å². The molecule has 0 radical (unpaired) electrons. The number of halogens is 1. The van der Waals surface area contributed by atoms with E-state index < -0.39 is 0 Å². The van der Waals surface area contributed by atoms with Gasteiger partial charge in [-0.2, -0.15) is 0 Å². The van der Waals surface area contributed by atoms with Crippen molar-refractivity contribution in [3.8, 4) is 0 Å². The van der Waals surface area contributed by atoms with Crippen LogP contribution in [-0.4, -0.2) is 30.5 Å². The van der Waals surface area contributed by atoms with Crippen LogP contribution in [0.4, 0.5) is 0 Å². The summed E-state index contributed by atoms with van der Waals surface area (Å²) in [5, 5.41) is 2.77. The lowest BCUT2D eigenvalue weighted by Gasteiger charge is -2.23. The lowest BCUT2D eigenvalue weighted by Crippen LogP contribution is -2.46. The number of hydrogen-bond acceptors (Lipinski definition) is 2. The highest BCUT2D eigenvalue weighted by Gasteiger charge is 2.18. The molecule has 3 nitrogen and oxygen atoms in total. The predicted octanol–water partition coefficient (Wildman–Crippen LogP) is 1.55. The third kappa shape index (κ3) is 6.84. The maximum absolute atomic E-state index is 11.2. The van der Waals surface area contributed by atoms with E-state index in [-0.39, 0.29) is 18.1 Å². The SMILES string of the molecule is CCCOCC(=O)NC(C)(C)CCl. The molecule has 0 aromatic carbocycles. The van der Waals surface area contributed by atoms with Crippen LogP contribution in [0.5, 0.6) is 0 Å². The maximum Gasteiger partial charge on any atom is 0.246 e. The summed E-state index contributed by atoms with van der Waals surface area (Å²) in [4.78, 5) is 11.2. The summed E-state index contributed by atoms with van der Waals surface area (Å²) >= 11 is 5.64. The number of nitrogens with one attached hydrogen (secondary N) is 1. The summed E-state index contributed by atoms with van der Waals surface area (Å²) in [6.45, 7) is 6.49. The quantitative estimate of drug-likeness (QED) is 0.530. The second-order valence-electron chi connectivity index (χ2n) is 3.62. The molecule has 1 N–H and O–H groups in total. The molecular formula is C9H18ClNO2. The molecule has 0 saturated carbocycles. The second-order valence-corrected chi connectivity index (χ2v) is 3.89. The molecule has 0 aromatic rings. The Kier molecular flexibility index (Phi) is 6.08. The summed E-state index contributed by atoms with van der Waals surface area (Å²) in [5.74, 6) is 0.283. The van der Waals surface area contributed by atoms with E-state index in [1.807, 2.05) is 20.8 Å². The molecule has 0 rings (SSSR count). The monoisotopic (exact) mass is 207 g/mol. The molecule has 0 saturated heterocycles. The van der Waals surface area contributed by atoms with Crippen molar-refractivity contribution in [3.63, 3.8) is 0 Å². The molecular weight excluding hydrogens is 190 g/mol. The molecule has 0 heterocycles. The molecule has 0 bridgehead atoms. The van der Waals surface area contributed by atoms with Gasteiger partial charge >= 0.3 is 0 Å². The zero-order valence-electron chi connectivity index (χ0n) is 8.52. The van der Waals surface area contributed by atoms with Crippen molar-refractivity contribution in [1.29, 1.82) is 0 Å². The third-order valence-electron chi connectivity index (χ3n) is 1.39. The first-order valence-corrected chi connectivity index (χ1v) is 5.00. The van der Waals surface area contributed by atoms with E-state index in [0.717, 1.165) is 6.42 Å². The minimum Gasteiger partial charge on any atom is -0.372 e. The molecule has 0 aliphatic heterocycles. The van der Waals surface area contributed by atoms with E-state index >= 15 is 0 Å². The van der Waals surface area contributed by atoms with Crippen molar-refractivity contribution in [1.82, 2.24) is 5.32 Å². The predicted molar refractivity (Wildman–Crippen MR) is 54.1 cm³/mol. The Balaban J connectivity index is 3.62. The van der Waals surface area contributed by atoms with Gasteiger partial charge in [-0.15, -0.1) is 11.6 Å². The highest BCUT2D eigenvalue weighted by atomic mass is 35.5. The standard InChI is InChI=1S/C9H18ClNO2/c1-4-5-13-6-8(12)11-9(2,3)7-10/h4-7H2,1-3H3,(H,11,12). The second kappa shape index (κ2) is 6.22. The van der Waals surface area contributed by atoms with Gasteiger partial charge in [0, 0.05) is 18.0 Å². The number of alkyl halides is 1. The number of carbonyl (C=O) groups excluding carboxylic acids is 1. The third-order valence-corrected chi connectivity index (χ3v) is 2.06. The molecule has 0 spiro atoms. The zero-order chi connectivity index (χ0) is 10.3. The fraction of sp³-hybridized carbons (Fsp3) is 0.889. The van der Waals surface area contributed by atoms with E-state index in [4.69, 9.17) is 16.3 Å². The van der Waals surface area contributed by atoms with Crippen molar-refractivity contribution >= 4 is 17.5 Å². The number of ether oxygens (including phenoxy) is 1. The number of hydrogen-bond donors (Lipinski definition) is 1. The Labute approximate surface area is 84.8 Å². The normalized spacial score (nSPS) is 11.4. The smallest absolute Gasteiger partial charge is 0.246 e. The van der Waals surface area contributed by atoms with Gasteiger partial charge in [0.05, 0.1) is 0 Å². The van der Waals surface area contributed by atoms with Crippen LogP contribution < -0.4 is 5.32 Å². The average molecular weight is 208 g/mol. The van der Waals surface area contributed by atoms with Gasteiger partial charge in [-0.3, -0.25) is 4.79 Å². The van der Waals surface area contributed by atoms with E-state index in [9.17, 15) is 4.79 Å².